The number of thioether (sulfide) groups is 1. The van der Waals surface area contributed by atoms with E-state index in [1.54, 1.807) is 11.8 Å². The standard InChI is InChI=1S/C12H18N2O2S/c1-3-4-15-9-6-17-12-10(14)7(2)5-8(13)11(12)16-9/h5,9H,3-4,6,13-14H2,1-2H3. The van der Waals surface area contributed by atoms with Crippen LogP contribution in [0.4, 0.5) is 11.4 Å². The maximum Gasteiger partial charge on any atom is 0.209 e. The first-order valence-corrected chi connectivity index (χ1v) is 6.71. The molecule has 0 spiro atoms. The smallest absolute Gasteiger partial charge is 0.209 e. The summed E-state index contributed by atoms with van der Waals surface area (Å²) in [7, 11) is 0. The van der Waals surface area contributed by atoms with E-state index in [1.165, 1.54) is 0 Å². The van der Waals surface area contributed by atoms with Crippen molar-refractivity contribution in [3.63, 3.8) is 0 Å². The quantitative estimate of drug-likeness (QED) is 0.810. The third-order valence-electron chi connectivity index (χ3n) is 2.63. The van der Waals surface area contributed by atoms with Gasteiger partial charge in [0.2, 0.25) is 6.29 Å². The summed E-state index contributed by atoms with van der Waals surface area (Å²) in [6.45, 7) is 4.72. The topological polar surface area (TPSA) is 70.5 Å². The Kier molecular flexibility index (Phi) is 3.69. The monoisotopic (exact) mass is 254 g/mol. The van der Waals surface area contributed by atoms with Crippen LogP contribution < -0.4 is 16.2 Å². The molecule has 1 aliphatic rings. The molecule has 17 heavy (non-hydrogen) atoms. The molecule has 2 rings (SSSR count). The first-order valence-electron chi connectivity index (χ1n) is 5.73. The van der Waals surface area contributed by atoms with Crippen LogP contribution in [0.25, 0.3) is 0 Å². The number of benzene rings is 1. The number of ether oxygens (including phenoxy) is 2. The van der Waals surface area contributed by atoms with Crippen molar-refractivity contribution in [3.8, 4) is 5.75 Å². The second-order valence-electron chi connectivity index (χ2n) is 4.08. The van der Waals surface area contributed by atoms with Crippen molar-refractivity contribution in [2.24, 2.45) is 0 Å². The molecule has 1 aliphatic heterocycles. The van der Waals surface area contributed by atoms with Crippen LogP contribution in [0, 0.1) is 6.92 Å². The third kappa shape index (κ3) is 2.45. The highest BCUT2D eigenvalue weighted by molar-refractivity contribution is 7.99. The molecule has 0 fully saturated rings. The van der Waals surface area contributed by atoms with Crippen LogP contribution in [-0.2, 0) is 4.74 Å². The molecule has 94 valence electrons. The Hall–Kier alpha value is -1.07. The Balaban J connectivity index is 2.23. The van der Waals surface area contributed by atoms with Crippen LogP contribution in [0.3, 0.4) is 0 Å². The fourth-order valence-corrected chi connectivity index (χ4v) is 2.80. The highest BCUT2D eigenvalue weighted by Crippen LogP contribution is 2.45. The van der Waals surface area contributed by atoms with E-state index in [4.69, 9.17) is 20.9 Å². The molecule has 1 aromatic carbocycles. The molecule has 1 atom stereocenters. The fraction of sp³-hybridized carbons (Fsp3) is 0.500. The van der Waals surface area contributed by atoms with Gasteiger partial charge in [0.15, 0.2) is 5.75 Å². The maximum absolute atomic E-state index is 6.02. The molecule has 1 aromatic rings. The van der Waals surface area contributed by atoms with Gasteiger partial charge >= 0.3 is 0 Å². The Bertz CT molecular complexity index is 423. The van der Waals surface area contributed by atoms with Crippen LogP contribution in [0.1, 0.15) is 18.9 Å². The van der Waals surface area contributed by atoms with E-state index in [0.717, 1.165) is 28.3 Å². The van der Waals surface area contributed by atoms with E-state index in [2.05, 4.69) is 6.92 Å². The van der Waals surface area contributed by atoms with Gasteiger partial charge < -0.3 is 20.9 Å². The molecular weight excluding hydrogens is 236 g/mol. The molecule has 0 radical (unpaired) electrons. The molecule has 4 nitrogen and oxygen atoms in total. The average Bonchev–Trinajstić information content (AvgIpc) is 2.33. The Morgan fingerprint density at radius 2 is 2.29 bits per heavy atom. The zero-order chi connectivity index (χ0) is 12.4. The molecule has 1 heterocycles. The molecule has 0 aromatic heterocycles. The summed E-state index contributed by atoms with van der Waals surface area (Å²) in [5.41, 5.74) is 14.4. The molecule has 0 bridgehead atoms. The van der Waals surface area contributed by atoms with E-state index in [-0.39, 0.29) is 6.29 Å². The maximum atomic E-state index is 6.02. The normalized spacial score (nSPS) is 18.6. The number of anilines is 2. The number of hydrogen-bond donors (Lipinski definition) is 2. The van der Waals surface area contributed by atoms with Gasteiger partial charge in [-0.2, -0.15) is 0 Å². The zero-order valence-corrected chi connectivity index (χ0v) is 11.0. The lowest BCUT2D eigenvalue weighted by atomic mass is 10.1. The summed E-state index contributed by atoms with van der Waals surface area (Å²) in [6.07, 6.45) is 0.750. The second-order valence-corrected chi connectivity index (χ2v) is 5.11. The number of hydrogen-bond acceptors (Lipinski definition) is 5. The Morgan fingerprint density at radius 3 is 3.00 bits per heavy atom. The zero-order valence-electron chi connectivity index (χ0n) is 10.2. The molecule has 4 N–H and O–H groups in total. The molecule has 0 aliphatic carbocycles. The van der Waals surface area contributed by atoms with E-state index in [1.807, 2.05) is 13.0 Å². The SMILES string of the molecule is CCCOC1CSc2c(N)c(C)cc(N)c2O1. The van der Waals surface area contributed by atoms with Gasteiger partial charge in [-0.15, -0.1) is 11.8 Å². The van der Waals surface area contributed by atoms with Crippen LogP contribution in [0.15, 0.2) is 11.0 Å². The van der Waals surface area contributed by atoms with Gasteiger partial charge in [0.25, 0.3) is 0 Å². The minimum absolute atomic E-state index is 0.225. The molecule has 0 saturated carbocycles. The summed E-state index contributed by atoms with van der Waals surface area (Å²) >= 11 is 1.65. The lowest BCUT2D eigenvalue weighted by Gasteiger charge is -2.27. The summed E-state index contributed by atoms with van der Waals surface area (Å²) in [5, 5.41) is 0. The number of rotatable bonds is 3. The summed E-state index contributed by atoms with van der Waals surface area (Å²) in [6, 6.07) is 1.84. The van der Waals surface area contributed by atoms with Crippen LogP contribution in [0.2, 0.25) is 0 Å². The highest BCUT2D eigenvalue weighted by Gasteiger charge is 2.25. The van der Waals surface area contributed by atoms with Crippen LogP contribution >= 0.6 is 11.8 Å². The highest BCUT2D eigenvalue weighted by atomic mass is 32.2. The van der Waals surface area contributed by atoms with Crippen molar-refractivity contribution in [2.45, 2.75) is 31.5 Å². The number of nitrogens with two attached hydrogens (primary N) is 2. The second kappa shape index (κ2) is 5.06. The molecular formula is C12H18N2O2S. The van der Waals surface area contributed by atoms with Crippen LogP contribution in [-0.4, -0.2) is 18.6 Å². The van der Waals surface area contributed by atoms with Crippen molar-refractivity contribution < 1.29 is 9.47 Å². The van der Waals surface area contributed by atoms with Crippen LogP contribution in [0.5, 0.6) is 5.75 Å². The molecule has 0 amide bonds. The summed E-state index contributed by atoms with van der Waals surface area (Å²) in [4.78, 5) is 0.943. The van der Waals surface area contributed by atoms with Crippen molar-refractivity contribution in [2.75, 3.05) is 23.8 Å². The van der Waals surface area contributed by atoms with Crippen molar-refractivity contribution in [3.05, 3.63) is 11.6 Å². The van der Waals surface area contributed by atoms with Gasteiger partial charge in [-0.05, 0) is 25.0 Å². The summed E-state index contributed by atoms with van der Waals surface area (Å²) in [5.74, 6) is 1.42. The molecule has 1 unspecified atom stereocenters. The average molecular weight is 254 g/mol. The predicted octanol–water partition coefficient (Wildman–Crippen LogP) is 2.40. The lowest BCUT2D eigenvalue weighted by molar-refractivity contribution is -0.0658. The van der Waals surface area contributed by atoms with Gasteiger partial charge in [0, 0.05) is 0 Å². The van der Waals surface area contributed by atoms with Crippen molar-refractivity contribution in [1.29, 1.82) is 0 Å². The first-order chi connectivity index (χ1) is 8.13. The van der Waals surface area contributed by atoms with Gasteiger partial charge in [-0.3, -0.25) is 0 Å². The van der Waals surface area contributed by atoms with E-state index < -0.39 is 0 Å². The van der Waals surface area contributed by atoms with Gasteiger partial charge in [0.1, 0.15) is 0 Å². The van der Waals surface area contributed by atoms with E-state index >= 15 is 0 Å². The number of nitrogen functional groups attached to an aromatic ring is 2. The largest absolute Gasteiger partial charge is 0.461 e. The van der Waals surface area contributed by atoms with E-state index in [0.29, 0.717) is 18.0 Å². The Labute approximate surface area is 106 Å². The first kappa shape index (κ1) is 12.4. The summed E-state index contributed by atoms with van der Waals surface area (Å²) < 4.78 is 11.3. The van der Waals surface area contributed by atoms with Crippen molar-refractivity contribution >= 4 is 23.1 Å². The number of aryl methyl sites for hydroxylation is 1. The Morgan fingerprint density at radius 1 is 1.53 bits per heavy atom. The van der Waals surface area contributed by atoms with Gasteiger partial charge in [-0.1, -0.05) is 6.92 Å². The molecule has 0 saturated heterocycles. The minimum atomic E-state index is -0.225. The predicted molar refractivity (Wildman–Crippen MR) is 71.4 cm³/mol. The third-order valence-corrected chi connectivity index (χ3v) is 3.76. The lowest BCUT2D eigenvalue weighted by Crippen LogP contribution is -2.27. The fourth-order valence-electron chi connectivity index (χ4n) is 1.72. The van der Waals surface area contributed by atoms with Gasteiger partial charge in [0.05, 0.1) is 28.6 Å². The van der Waals surface area contributed by atoms with E-state index in [9.17, 15) is 0 Å². The molecule has 5 heteroatoms. The van der Waals surface area contributed by atoms with Crippen molar-refractivity contribution in [1.82, 2.24) is 0 Å². The number of fused-ring (bicyclic) bond motifs is 1. The minimum Gasteiger partial charge on any atom is -0.461 e. The van der Waals surface area contributed by atoms with Gasteiger partial charge in [-0.25, -0.2) is 0 Å².